The minimum Gasteiger partial charge on any atom is -0.418 e. The molecule has 10 nitrogen and oxygen atoms in total. The Balaban J connectivity index is 1.30. The summed E-state index contributed by atoms with van der Waals surface area (Å²) in [7, 11) is -2.94. The van der Waals surface area contributed by atoms with E-state index in [-0.39, 0.29) is 35.6 Å². The average molecular weight is 498 g/mol. The van der Waals surface area contributed by atoms with Crippen molar-refractivity contribution in [2.24, 2.45) is 5.92 Å². The number of thioether (sulfide) groups is 1. The number of sulfone groups is 1. The number of hydrogen-bond acceptors (Lipinski definition) is 11. The molecule has 1 aliphatic heterocycles. The standard InChI is InChI=1S/C19H23N5O5S3/c1-2-6-24(10-16-21-22-18(28-16)14-4-3-7-30-14)17(25)11-31-19-23-20-15(29-19)9-13-5-8-32(26,27)12-13/h3-4,7,13H,2,5-6,8-12H2,1H3. The number of carbonyl (C=O) groups is 1. The summed E-state index contributed by atoms with van der Waals surface area (Å²) in [5.74, 6) is 1.64. The number of rotatable bonds is 10. The first-order chi connectivity index (χ1) is 15.4. The van der Waals surface area contributed by atoms with Crippen molar-refractivity contribution in [2.45, 2.75) is 38.0 Å². The van der Waals surface area contributed by atoms with Crippen LogP contribution in [0.25, 0.3) is 10.8 Å². The Morgan fingerprint density at radius 2 is 2.09 bits per heavy atom. The molecule has 1 aliphatic rings. The van der Waals surface area contributed by atoms with Gasteiger partial charge in [-0.05, 0) is 30.2 Å². The van der Waals surface area contributed by atoms with E-state index in [0.29, 0.717) is 42.3 Å². The molecule has 32 heavy (non-hydrogen) atoms. The van der Waals surface area contributed by atoms with Crippen LogP contribution < -0.4 is 0 Å². The van der Waals surface area contributed by atoms with Crippen LogP contribution in [0, 0.1) is 5.92 Å². The fourth-order valence-corrected chi connectivity index (χ4v) is 6.61. The summed E-state index contributed by atoms with van der Waals surface area (Å²) in [6.07, 6.45) is 1.84. The monoisotopic (exact) mass is 497 g/mol. The highest BCUT2D eigenvalue weighted by Crippen LogP contribution is 2.25. The fraction of sp³-hybridized carbons (Fsp3) is 0.526. The second kappa shape index (κ2) is 10.1. The first-order valence-electron chi connectivity index (χ1n) is 10.2. The highest BCUT2D eigenvalue weighted by atomic mass is 32.2. The van der Waals surface area contributed by atoms with Crippen molar-refractivity contribution >= 4 is 38.8 Å². The van der Waals surface area contributed by atoms with Gasteiger partial charge in [-0.15, -0.1) is 31.7 Å². The summed E-state index contributed by atoms with van der Waals surface area (Å²) >= 11 is 2.67. The largest absolute Gasteiger partial charge is 0.418 e. The van der Waals surface area contributed by atoms with Gasteiger partial charge >= 0.3 is 0 Å². The number of nitrogens with zero attached hydrogens (tertiary/aromatic N) is 5. The van der Waals surface area contributed by atoms with Crippen molar-refractivity contribution in [1.29, 1.82) is 0 Å². The van der Waals surface area contributed by atoms with Crippen LogP contribution in [0.2, 0.25) is 0 Å². The smallest absolute Gasteiger partial charge is 0.277 e. The van der Waals surface area contributed by atoms with Crippen LogP contribution >= 0.6 is 23.1 Å². The molecule has 3 aromatic rings. The molecule has 1 amide bonds. The Kier molecular flexibility index (Phi) is 7.26. The van der Waals surface area contributed by atoms with Gasteiger partial charge in [-0.3, -0.25) is 4.79 Å². The van der Waals surface area contributed by atoms with Gasteiger partial charge in [0.05, 0.1) is 28.7 Å². The number of hydrogen-bond donors (Lipinski definition) is 0. The Hall–Kier alpha value is -2.25. The summed E-state index contributed by atoms with van der Waals surface area (Å²) in [6.45, 7) is 2.78. The summed E-state index contributed by atoms with van der Waals surface area (Å²) in [4.78, 5) is 15.3. The van der Waals surface area contributed by atoms with Crippen LogP contribution in [0.3, 0.4) is 0 Å². The highest BCUT2D eigenvalue weighted by molar-refractivity contribution is 7.99. The molecule has 4 heterocycles. The maximum atomic E-state index is 12.8. The van der Waals surface area contributed by atoms with Crippen LogP contribution in [0.4, 0.5) is 0 Å². The van der Waals surface area contributed by atoms with Crippen molar-refractivity contribution in [1.82, 2.24) is 25.3 Å². The molecule has 4 rings (SSSR count). The molecule has 0 N–H and O–H groups in total. The zero-order valence-electron chi connectivity index (χ0n) is 17.5. The molecular formula is C19H23N5O5S3. The van der Waals surface area contributed by atoms with Gasteiger partial charge in [0, 0.05) is 13.0 Å². The van der Waals surface area contributed by atoms with Crippen LogP contribution in [-0.4, -0.2) is 63.4 Å². The molecule has 1 fully saturated rings. The van der Waals surface area contributed by atoms with E-state index in [1.54, 1.807) is 4.90 Å². The lowest BCUT2D eigenvalue weighted by Gasteiger charge is -2.19. The summed E-state index contributed by atoms with van der Waals surface area (Å²) < 4.78 is 34.5. The van der Waals surface area contributed by atoms with Gasteiger partial charge < -0.3 is 13.7 Å². The van der Waals surface area contributed by atoms with Crippen LogP contribution in [0.15, 0.2) is 31.6 Å². The molecule has 3 aromatic heterocycles. The van der Waals surface area contributed by atoms with Gasteiger partial charge in [-0.25, -0.2) is 8.42 Å². The molecule has 0 aliphatic carbocycles. The summed E-state index contributed by atoms with van der Waals surface area (Å²) in [5, 5.41) is 18.3. The van der Waals surface area contributed by atoms with Crippen LogP contribution in [0.1, 0.15) is 31.5 Å². The van der Waals surface area contributed by atoms with Crippen molar-refractivity contribution in [2.75, 3.05) is 23.8 Å². The molecule has 0 saturated carbocycles. The van der Waals surface area contributed by atoms with Crippen LogP contribution in [0.5, 0.6) is 0 Å². The minimum absolute atomic E-state index is 0.00783. The van der Waals surface area contributed by atoms with Crippen LogP contribution in [-0.2, 0) is 27.6 Å². The van der Waals surface area contributed by atoms with E-state index in [0.717, 1.165) is 23.1 Å². The van der Waals surface area contributed by atoms with Gasteiger partial charge in [0.2, 0.25) is 17.7 Å². The lowest BCUT2D eigenvalue weighted by molar-refractivity contribution is -0.129. The van der Waals surface area contributed by atoms with E-state index in [1.165, 1.54) is 11.3 Å². The first-order valence-corrected chi connectivity index (χ1v) is 13.9. The minimum atomic E-state index is -2.94. The highest BCUT2D eigenvalue weighted by Gasteiger charge is 2.29. The molecule has 1 atom stereocenters. The zero-order chi connectivity index (χ0) is 22.6. The maximum Gasteiger partial charge on any atom is 0.277 e. The zero-order valence-corrected chi connectivity index (χ0v) is 19.9. The molecule has 0 radical (unpaired) electrons. The molecular weight excluding hydrogens is 474 g/mol. The Bertz CT molecular complexity index is 1140. The van der Waals surface area contributed by atoms with E-state index in [1.807, 2.05) is 24.4 Å². The van der Waals surface area contributed by atoms with E-state index in [4.69, 9.17) is 8.83 Å². The third kappa shape index (κ3) is 5.95. The number of aromatic nitrogens is 4. The molecule has 0 spiro atoms. The second-order valence-electron chi connectivity index (χ2n) is 7.52. The Morgan fingerprint density at radius 1 is 1.25 bits per heavy atom. The average Bonchev–Trinajstić information content (AvgIpc) is 3.54. The topological polar surface area (TPSA) is 132 Å². The Morgan fingerprint density at radius 3 is 2.81 bits per heavy atom. The first kappa shape index (κ1) is 22.9. The summed E-state index contributed by atoms with van der Waals surface area (Å²) in [6, 6.07) is 3.81. The van der Waals surface area contributed by atoms with Gasteiger partial charge in [-0.1, -0.05) is 24.8 Å². The second-order valence-corrected chi connectivity index (χ2v) is 11.6. The predicted molar refractivity (Wildman–Crippen MR) is 119 cm³/mol. The number of carbonyl (C=O) groups excluding carboxylic acids is 1. The van der Waals surface area contributed by atoms with E-state index < -0.39 is 9.84 Å². The number of amides is 1. The molecule has 0 bridgehead atoms. The van der Waals surface area contributed by atoms with Crippen molar-refractivity contribution < 1.29 is 22.0 Å². The SMILES string of the molecule is CCCN(Cc1nnc(-c2cccs2)o1)C(=O)CSc1nnc(CC2CCS(=O)(=O)C2)o1. The van der Waals surface area contributed by atoms with Crippen molar-refractivity contribution in [3.8, 4) is 10.8 Å². The Labute approximate surface area is 193 Å². The lowest BCUT2D eigenvalue weighted by atomic mass is 10.1. The molecule has 0 aromatic carbocycles. The van der Waals surface area contributed by atoms with Crippen molar-refractivity contribution in [3.05, 3.63) is 29.3 Å². The van der Waals surface area contributed by atoms with Gasteiger partial charge in [0.1, 0.15) is 0 Å². The summed E-state index contributed by atoms with van der Waals surface area (Å²) in [5.41, 5.74) is 0. The lowest BCUT2D eigenvalue weighted by Crippen LogP contribution is -2.32. The maximum absolute atomic E-state index is 12.8. The fourth-order valence-electron chi connectivity index (χ4n) is 3.42. The van der Waals surface area contributed by atoms with Gasteiger partial charge in [-0.2, -0.15) is 0 Å². The quantitative estimate of drug-likeness (QED) is 0.385. The normalized spacial score (nSPS) is 17.6. The molecule has 1 saturated heterocycles. The van der Waals surface area contributed by atoms with Gasteiger partial charge in [0.25, 0.3) is 11.1 Å². The van der Waals surface area contributed by atoms with E-state index in [2.05, 4.69) is 20.4 Å². The molecule has 13 heteroatoms. The molecule has 172 valence electrons. The van der Waals surface area contributed by atoms with E-state index >= 15 is 0 Å². The van der Waals surface area contributed by atoms with E-state index in [9.17, 15) is 13.2 Å². The predicted octanol–water partition coefficient (Wildman–Crippen LogP) is 2.69. The molecule has 1 unspecified atom stereocenters. The number of thiophene rings is 1. The van der Waals surface area contributed by atoms with Crippen molar-refractivity contribution in [3.63, 3.8) is 0 Å². The third-order valence-electron chi connectivity index (χ3n) is 4.93. The van der Waals surface area contributed by atoms with Gasteiger partial charge in [0.15, 0.2) is 9.84 Å². The third-order valence-corrected chi connectivity index (χ3v) is 8.43.